The minimum atomic E-state index is 0.0323. The van der Waals surface area contributed by atoms with Gasteiger partial charge in [0.05, 0.1) is 0 Å². The van der Waals surface area contributed by atoms with E-state index in [2.05, 4.69) is 38.1 Å². The van der Waals surface area contributed by atoms with E-state index in [0.717, 1.165) is 37.0 Å². The number of unbranched alkanes of at least 4 members (excludes halogenated alkanes) is 1. The van der Waals surface area contributed by atoms with E-state index >= 15 is 0 Å². The van der Waals surface area contributed by atoms with Gasteiger partial charge in [0.2, 0.25) is 0 Å². The first-order valence-electron chi connectivity index (χ1n) is 10.4. The molecule has 5 atom stereocenters. The number of carbonyl (C=O) groups is 1. The van der Waals surface area contributed by atoms with Crippen molar-refractivity contribution < 1.29 is 9.53 Å². The Morgan fingerprint density at radius 2 is 2.04 bits per heavy atom. The summed E-state index contributed by atoms with van der Waals surface area (Å²) in [7, 11) is 0. The molecule has 0 unspecified atom stereocenters. The van der Waals surface area contributed by atoms with Gasteiger partial charge in [0.25, 0.3) is 0 Å². The molecule has 2 nitrogen and oxygen atoms in total. The van der Waals surface area contributed by atoms with E-state index in [1.165, 1.54) is 32.1 Å². The number of esters is 1. The average Bonchev–Trinajstić information content (AvgIpc) is 2.96. The molecule has 0 aromatic heterocycles. The van der Waals surface area contributed by atoms with Crippen LogP contribution in [0, 0.1) is 17.3 Å². The molecule has 0 amide bonds. The molecular formula is C23H32O2. The fourth-order valence-electron chi connectivity index (χ4n) is 6.21. The van der Waals surface area contributed by atoms with Crippen LogP contribution in [0.2, 0.25) is 0 Å². The van der Waals surface area contributed by atoms with Crippen LogP contribution in [-0.2, 0) is 16.0 Å². The van der Waals surface area contributed by atoms with E-state index in [-0.39, 0.29) is 17.5 Å². The fourth-order valence-corrected chi connectivity index (χ4v) is 6.21. The van der Waals surface area contributed by atoms with Gasteiger partial charge in [0.15, 0.2) is 0 Å². The zero-order valence-corrected chi connectivity index (χ0v) is 15.8. The maximum absolute atomic E-state index is 12.2. The summed E-state index contributed by atoms with van der Waals surface area (Å²) in [5, 5.41) is 0. The number of rotatable bonds is 4. The van der Waals surface area contributed by atoms with Crippen molar-refractivity contribution in [2.45, 2.75) is 83.7 Å². The number of fused-ring (bicyclic) bond motifs is 5. The maximum atomic E-state index is 12.2. The van der Waals surface area contributed by atoms with Crippen LogP contribution in [0.5, 0.6) is 0 Å². The molecule has 0 heterocycles. The lowest BCUT2D eigenvalue weighted by Crippen LogP contribution is -2.45. The van der Waals surface area contributed by atoms with Gasteiger partial charge in [-0.2, -0.15) is 0 Å². The first-order valence-corrected chi connectivity index (χ1v) is 10.4. The van der Waals surface area contributed by atoms with E-state index in [1.54, 1.807) is 11.1 Å². The number of hydrogen-bond acceptors (Lipinski definition) is 2. The summed E-state index contributed by atoms with van der Waals surface area (Å²) < 4.78 is 6.00. The molecule has 0 saturated heterocycles. The number of ether oxygens (including phenoxy) is 1. The second-order valence-electron chi connectivity index (χ2n) is 8.82. The molecular weight excluding hydrogens is 308 g/mol. The largest absolute Gasteiger partial charge is 0.462 e. The van der Waals surface area contributed by atoms with Crippen LogP contribution in [-0.4, -0.2) is 12.1 Å². The van der Waals surface area contributed by atoms with Crippen LogP contribution in [0.4, 0.5) is 0 Å². The van der Waals surface area contributed by atoms with Gasteiger partial charge in [0.1, 0.15) is 6.10 Å². The van der Waals surface area contributed by atoms with Gasteiger partial charge in [-0.3, -0.25) is 4.79 Å². The molecule has 0 spiro atoms. The van der Waals surface area contributed by atoms with Crippen molar-refractivity contribution in [2.24, 2.45) is 17.3 Å². The minimum Gasteiger partial charge on any atom is -0.462 e. The predicted molar refractivity (Wildman–Crippen MR) is 100 cm³/mol. The first kappa shape index (κ1) is 17.1. The third-order valence-corrected chi connectivity index (χ3v) is 7.56. The van der Waals surface area contributed by atoms with Gasteiger partial charge in [-0.05, 0) is 73.8 Å². The van der Waals surface area contributed by atoms with Gasteiger partial charge in [-0.15, -0.1) is 0 Å². The molecule has 3 aliphatic carbocycles. The Hall–Kier alpha value is -1.31. The summed E-state index contributed by atoms with van der Waals surface area (Å²) in [6, 6.07) is 9.09. The Balaban J connectivity index is 1.51. The molecule has 0 aliphatic heterocycles. The molecule has 0 N–H and O–H groups in total. The van der Waals surface area contributed by atoms with Gasteiger partial charge >= 0.3 is 5.97 Å². The molecule has 1 aromatic rings. The molecule has 2 fully saturated rings. The van der Waals surface area contributed by atoms with Crippen molar-refractivity contribution in [3.05, 3.63) is 35.4 Å². The molecule has 1 aromatic carbocycles. The standard InChI is InChI=1S/C23H32O2/c1-3-4-9-22(24)25-21-13-12-20-19-11-10-16-7-5-6-8-17(16)18(19)14-15-23(20,21)2/h5-8,18-21H,3-4,9-15H2,1-2H3/t18-,19-,20+,21+,23+/m1/s1. The molecule has 0 radical (unpaired) electrons. The van der Waals surface area contributed by atoms with Crippen molar-refractivity contribution in [2.75, 3.05) is 0 Å². The second kappa shape index (κ2) is 6.78. The Bertz CT molecular complexity index is 637. The van der Waals surface area contributed by atoms with E-state index in [4.69, 9.17) is 4.74 Å². The van der Waals surface area contributed by atoms with Crippen LogP contribution in [0.1, 0.15) is 82.3 Å². The lowest BCUT2D eigenvalue weighted by molar-refractivity contribution is -0.157. The van der Waals surface area contributed by atoms with Crippen LogP contribution in [0.3, 0.4) is 0 Å². The van der Waals surface area contributed by atoms with Gasteiger partial charge in [0, 0.05) is 11.8 Å². The smallest absolute Gasteiger partial charge is 0.306 e. The average molecular weight is 341 g/mol. The molecule has 2 heteroatoms. The monoisotopic (exact) mass is 340 g/mol. The molecule has 25 heavy (non-hydrogen) atoms. The van der Waals surface area contributed by atoms with Gasteiger partial charge in [-0.1, -0.05) is 44.5 Å². The van der Waals surface area contributed by atoms with E-state index in [1.807, 2.05) is 0 Å². The summed E-state index contributed by atoms with van der Waals surface area (Å²) >= 11 is 0. The van der Waals surface area contributed by atoms with Crippen LogP contribution in [0.25, 0.3) is 0 Å². The van der Waals surface area contributed by atoms with E-state index in [9.17, 15) is 4.79 Å². The molecule has 2 saturated carbocycles. The van der Waals surface area contributed by atoms with Crippen molar-refractivity contribution in [1.29, 1.82) is 0 Å². The lowest BCUT2D eigenvalue weighted by atomic mass is 9.55. The lowest BCUT2D eigenvalue weighted by Gasteiger charge is -2.50. The van der Waals surface area contributed by atoms with E-state index in [0.29, 0.717) is 6.42 Å². The third kappa shape index (κ3) is 2.92. The molecule has 136 valence electrons. The van der Waals surface area contributed by atoms with Crippen LogP contribution >= 0.6 is 0 Å². The Labute approximate surface area is 152 Å². The summed E-state index contributed by atoms with van der Waals surface area (Å²) in [6.07, 6.45) is 10.1. The Morgan fingerprint density at radius 1 is 1.20 bits per heavy atom. The Morgan fingerprint density at radius 3 is 2.88 bits per heavy atom. The predicted octanol–water partition coefficient (Wildman–Crippen LogP) is 5.64. The zero-order valence-electron chi connectivity index (χ0n) is 15.8. The fraction of sp³-hybridized carbons (Fsp3) is 0.696. The second-order valence-corrected chi connectivity index (χ2v) is 8.82. The highest BCUT2D eigenvalue weighted by Crippen LogP contribution is 2.61. The maximum Gasteiger partial charge on any atom is 0.306 e. The highest BCUT2D eigenvalue weighted by molar-refractivity contribution is 5.69. The highest BCUT2D eigenvalue weighted by atomic mass is 16.5. The normalized spacial score (nSPS) is 36.2. The highest BCUT2D eigenvalue weighted by Gasteiger charge is 2.56. The number of benzene rings is 1. The van der Waals surface area contributed by atoms with E-state index < -0.39 is 0 Å². The quantitative estimate of drug-likeness (QED) is 0.663. The Kier molecular flexibility index (Phi) is 4.64. The summed E-state index contributed by atoms with van der Waals surface area (Å²) in [6.45, 7) is 4.54. The molecule has 0 bridgehead atoms. The summed E-state index contributed by atoms with van der Waals surface area (Å²) in [5.74, 6) is 2.28. The van der Waals surface area contributed by atoms with Gasteiger partial charge < -0.3 is 4.74 Å². The van der Waals surface area contributed by atoms with Crippen molar-refractivity contribution >= 4 is 5.97 Å². The topological polar surface area (TPSA) is 26.3 Å². The van der Waals surface area contributed by atoms with Crippen molar-refractivity contribution in [1.82, 2.24) is 0 Å². The number of hydrogen-bond donors (Lipinski definition) is 0. The molecule has 4 rings (SSSR count). The van der Waals surface area contributed by atoms with Crippen molar-refractivity contribution in [3.8, 4) is 0 Å². The zero-order chi connectivity index (χ0) is 17.4. The summed E-state index contributed by atoms with van der Waals surface area (Å²) in [5.41, 5.74) is 3.40. The minimum absolute atomic E-state index is 0.0323. The number of carbonyl (C=O) groups excluding carboxylic acids is 1. The van der Waals surface area contributed by atoms with Crippen LogP contribution < -0.4 is 0 Å². The van der Waals surface area contributed by atoms with Crippen molar-refractivity contribution in [3.63, 3.8) is 0 Å². The number of aryl methyl sites for hydroxylation is 1. The summed E-state index contributed by atoms with van der Waals surface area (Å²) in [4.78, 5) is 12.2. The van der Waals surface area contributed by atoms with Gasteiger partial charge in [-0.25, -0.2) is 0 Å². The third-order valence-electron chi connectivity index (χ3n) is 7.56. The molecule has 3 aliphatic rings. The first-order chi connectivity index (χ1) is 12.1. The van der Waals surface area contributed by atoms with Crippen LogP contribution in [0.15, 0.2) is 24.3 Å². The SMILES string of the molecule is CCCCC(=O)O[C@H]1CC[C@H]2[C@@H]3CCc4ccccc4[C@H]3CC[C@]12C.